The zero-order valence-electron chi connectivity index (χ0n) is 9.25. The normalized spacial score (nSPS) is 17.2. The highest BCUT2D eigenvalue weighted by atomic mass is 79.9. The van der Waals surface area contributed by atoms with Crippen LogP contribution in [0.1, 0.15) is 24.4 Å². The molecular weight excluding hydrogens is 304 g/mol. The van der Waals surface area contributed by atoms with Gasteiger partial charge in [0.05, 0.1) is 6.61 Å². The van der Waals surface area contributed by atoms with E-state index in [1.54, 1.807) is 0 Å². The molecule has 0 saturated heterocycles. The highest BCUT2D eigenvalue weighted by Gasteiger charge is 2.21. The van der Waals surface area contributed by atoms with Gasteiger partial charge in [0, 0.05) is 9.50 Å². The minimum absolute atomic E-state index is 0.194. The van der Waals surface area contributed by atoms with E-state index in [0.717, 1.165) is 35.2 Å². The third-order valence-corrected chi connectivity index (χ3v) is 3.52. The first-order chi connectivity index (χ1) is 8.22. The number of hydrogen-bond donors (Lipinski definition) is 2. The number of hydrazine groups is 1. The third-order valence-electron chi connectivity index (χ3n) is 2.68. The molecule has 1 atom stereocenters. The summed E-state index contributed by atoms with van der Waals surface area (Å²) in [6.07, 6.45) is 4.12. The summed E-state index contributed by atoms with van der Waals surface area (Å²) in [5.41, 5.74) is 3.67. The lowest BCUT2D eigenvalue weighted by molar-refractivity contribution is 0.168. The van der Waals surface area contributed by atoms with Crippen molar-refractivity contribution in [3.63, 3.8) is 0 Å². The maximum absolute atomic E-state index is 6.19. The highest BCUT2D eigenvalue weighted by Crippen LogP contribution is 2.32. The molecule has 0 fully saturated rings. The molecule has 1 unspecified atom stereocenters. The van der Waals surface area contributed by atoms with Gasteiger partial charge in [0.1, 0.15) is 11.8 Å². The largest absolute Gasteiger partial charge is 0.496 e. The summed E-state index contributed by atoms with van der Waals surface area (Å²) in [6, 6.07) is 5.50. The van der Waals surface area contributed by atoms with Crippen molar-refractivity contribution in [3.8, 4) is 0 Å². The molecule has 17 heavy (non-hydrogen) atoms. The molecule has 0 amide bonds. The van der Waals surface area contributed by atoms with E-state index >= 15 is 0 Å². The van der Waals surface area contributed by atoms with Crippen molar-refractivity contribution in [2.45, 2.75) is 18.9 Å². The van der Waals surface area contributed by atoms with Crippen molar-refractivity contribution in [3.05, 3.63) is 45.1 Å². The number of benzene rings is 1. The molecule has 0 aromatic heterocycles. The Kier molecular flexibility index (Phi) is 4.45. The van der Waals surface area contributed by atoms with Gasteiger partial charge in [-0.2, -0.15) is 0 Å². The van der Waals surface area contributed by atoms with E-state index in [0.29, 0.717) is 5.02 Å². The fourth-order valence-corrected chi connectivity index (χ4v) is 2.44. The van der Waals surface area contributed by atoms with Crippen LogP contribution in [0, 0.1) is 0 Å². The van der Waals surface area contributed by atoms with Gasteiger partial charge in [0.15, 0.2) is 0 Å². The average molecular weight is 318 g/mol. The molecule has 2 rings (SSSR count). The molecule has 1 aliphatic heterocycles. The van der Waals surface area contributed by atoms with E-state index in [4.69, 9.17) is 22.2 Å². The van der Waals surface area contributed by atoms with E-state index in [1.807, 2.05) is 18.2 Å². The van der Waals surface area contributed by atoms with Gasteiger partial charge in [-0.05, 0) is 42.7 Å². The Balaban J connectivity index is 2.34. The lowest BCUT2D eigenvalue weighted by Gasteiger charge is -2.24. The number of allylic oxidation sites excluding steroid dienone is 1. The van der Waals surface area contributed by atoms with Crippen LogP contribution in [0.25, 0.3) is 0 Å². The smallest absolute Gasteiger partial charge is 0.115 e. The van der Waals surface area contributed by atoms with Crippen molar-refractivity contribution in [1.82, 2.24) is 5.43 Å². The van der Waals surface area contributed by atoms with Gasteiger partial charge in [0.2, 0.25) is 0 Å². The Morgan fingerprint density at radius 1 is 1.47 bits per heavy atom. The average Bonchev–Trinajstić information content (AvgIpc) is 2.36. The van der Waals surface area contributed by atoms with Crippen LogP contribution in [0.2, 0.25) is 5.02 Å². The zero-order chi connectivity index (χ0) is 12.3. The molecule has 0 radical (unpaired) electrons. The van der Waals surface area contributed by atoms with Crippen LogP contribution in [0.3, 0.4) is 0 Å². The van der Waals surface area contributed by atoms with Gasteiger partial charge in [-0.15, -0.1) is 0 Å². The third kappa shape index (κ3) is 3.01. The second kappa shape index (κ2) is 5.87. The number of hydrogen-bond acceptors (Lipinski definition) is 3. The quantitative estimate of drug-likeness (QED) is 0.664. The first kappa shape index (κ1) is 12.9. The minimum Gasteiger partial charge on any atom is -0.496 e. The van der Waals surface area contributed by atoms with Crippen molar-refractivity contribution >= 4 is 27.5 Å². The van der Waals surface area contributed by atoms with E-state index < -0.39 is 0 Å². The molecule has 92 valence electrons. The summed E-state index contributed by atoms with van der Waals surface area (Å²) in [5, 5.41) is 0.672. The van der Waals surface area contributed by atoms with Crippen LogP contribution in [0.5, 0.6) is 0 Å². The maximum Gasteiger partial charge on any atom is 0.115 e. The summed E-state index contributed by atoms with van der Waals surface area (Å²) >= 11 is 9.62. The zero-order valence-corrected chi connectivity index (χ0v) is 11.6. The van der Waals surface area contributed by atoms with E-state index in [1.165, 1.54) is 0 Å². The van der Waals surface area contributed by atoms with Gasteiger partial charge in [0.25, 0.3) is 0 Å². The van der Waals surface area contributed by atoms with E-state index in [2.05, 4.69) is 27.4 Å². The summed E-state index contributed by atoms with van der Waals surface area (Å²) in [6.45, 7) is 0.732. The van der Waals surface area contributed by atoms with Crippen molar-refractivity contribution < 1.29 is 4.74 Å². The molecule has 1 aromatic carbocycles. The Hall–Kier alpha value is -0.550. The summed E-state index contributed by atoms with van der Waals surface area (Å²) in [7, 11) is 0. The van der Waals surface area contributed by atoms with Gasteiger partial charge in [-0.25, -0.2) is 5.43 Å². The van der Waals surface area contributed by atoms with Crippen LogP contribution < -0.4 is 11.3 Å². The molecule has 1 heterocycles. The van der Waals surface area contributed by atoms with Gasteiger partial charge in [-0.3, -0.25) is 5.84 Å². The van der Waals surface area contributed by atoms with Gasteiger partial charge >= 0.3 is 0 Å². The predicted molar refractivity (Wildman–Crippen MR) is 72.5 cm³/mol. The fourth-order valence-electron chi connectivity index (χ4n) is 1.84. The minimum atomic E-state index is -0.194. The lowest BCUT2D eigenvalue weighted by atomic mass is 10.0. The molecular formula is C12H14BrClN2O. The van der Waals surface area contributed by atoms with Crippen molar-refractivity contribution in [1.29, 1.82) is 0 Å². The van der Waals surface area contributed by atoms with Crippen LogP contribution in [-0.4, -0.2) is 6.61 Å². The fraction of sp³-hybridized carbons (Fsp3) is 0.333. The Morgan fingerprint density at radius 3 is 2.94 bits per heavy atom. The Labute approximate surface area is 114 Å². The molecule has 0 spiro atoms. The van der Waals surface area contributed by atoms with E-state index in [9.17, 15) is 0 Å². The monoisotopic (exact) mass is 316 g/mol. The topological polar surface area (TPSA) is 47.3 Å². The second-order valence-corrected chi connectivity index (χ2v) is 5.19. The Bertz CT molecular complexity index is 437. The first-order valence-corrected chi connectivity index (χ1v) is 6.63. The van der Waals surface area contributed by atoms with Crippen molar-refractivity contribution in [2.24, 2.45) is 5.84 Å². The number of halogens is 2. The number of nitrogens with one attached hydrogen (secondary N) is 1. The van der Waals surface area contributed by atoms with Crippen LogP contribution in [0.15, 0.2) is 34.5 Å². The van der Waals surface area contributed by atoms with Crippen LogP contribution >= 0.6 is 27.5 Å². The summed E-state index contributed by atoms with van der Waals surface area (Å²) < 4.78 is 6.59. The highest BCUT2D eigenvalue weighted by molar-refractivity contribution is 9.10. The molecule has 1 aromatic rings. The molecule has 3 nitrogen and oxygen atoms in total. The molecule has 0 bridgehead atoms. The number of ether oxygens (including phenoxy) is 1. The van der Waals surface area contributed by atoms with Crippen LogP contribution in [0.4, 0.5) is 0 Å². The Morgan fingerprint density at radius 2 is 2.29 bits per heavy atom. The summed E-state index contributed by atoms with van der Waals surface area (Å²) in [4.78, 5) is 0. The number of nitrogens with two attached hydrogens (primary N) is 1. The maximum atomic E-state index is 6.19. The first-order valence-electron chi connectivity index (χ1n) is 5.46. The molecule has 3 N–H and O–H groups in total. The molecule has 0 saturated carbocycles. The standard InChI is InChI=1S/C12H14BrClN2O/c13-8-4-5-10(14)9(7-8)12(16-15)11-3-1-2-6-17-11/h3-5,7,12,16H,1-2,6,15H2. The number of rotatable bonds is 3. The second-order valence-electron chi connectivity index (χ2n) is 3.86. The van der Waals surface area contributed by atoms with Crippen LogP contribution in [-0.2, 0) is 4.74 Å². The van der Waals surface area contributed by atoms with Crippen molar-refractivity contribution in [2.75, 3.05) is 6.61 Å². The lowest BCUT2D eigenvalue weighted by Crippen LogP contribution is -2.31. The van der Waals surface area contributed by atoms with E-state index in [-0.39, 0.29) is 6.04 Å². The molecule has 5 heteroatoms. The molecule has 1 aliphatic rings. The SMILES string of the molecule is NNC(C1=CCCCO1)c1cc(Br)ccc1Cl. The predicted octanol–water partition coefficient (Wildman–Crippen LogP) is 3.30. The summed E-state index contributed by atoms with van der Waals surface area (Å²) in [5.74, 6) is 6.46. The van der Waals surface area contributed by atoms with Gasteiger partial charge < -0.3 is 4.74 Å². The van der Waals surface area contributed by atoms with Gasteiger partial charge in [-0.1, -0.05) is 27.5 Å². The molecule has 0 aliphatic carbocycles.